The van der Waals surface area contributed by atoms with E-state index in [0.29, 0.717) is 44.6 Å². The van der Waals surface area contributed by atoms with Gasteiger partial charge in [-0.25, -0.2) is 9.97 Å². The molecule has 0 atom stereocenters. The van der Waals surface area contributed by atoms with E-state index >= 15 is 26.3 Å². The van der Waals surface area contributed by atoms with Crippen LogP contribution in [0.1, 0.15) is 22.3 Å². The standard InChI is InChI=1S/C41H26F6N4/c1-23-21-29(13-15-31(23)33-17-11-27-9-7-25-5-3-19-48-35(25)37(27)50-33)39(40(42,43)44,41(45,46)47)30-14-16-32(24(2)22-30)34-18-12-28-10-8-26-6-4-20-49-36(26)38(28)51-34/h3-22H,1-2H3. The molecular weight excluding hydrogens is 662 g/mol. The molecule has 0 aliphatic carbocycles. The number of halogens is 6. The van der Waals surface area contributed by atoms with Crippen LogP contribution in [0.3, 0.4) is 0 Å². The minimum absolute atomic E-state index is 0.208. The van der Waals surface area contributed by atoms with Crippen molar-refractivity contribution >= 4 is 43.6 Å². The summed E-state index contributed by atoms with van der Waals surface area (Å²) in [5, 5.41) is 3.31. The number of aromatic nitrogens is 4. The molecule has 0 saturated heterocycles. The largest absolute Gasteiger partial charge is 0.411 e. The van der Waals surface area contributed by atoms with E-state index in [-0.39, 0.29) is 11.1 Å². The summed E-state index contributed by atoms with van der Waals surface area (Å²) in [5.74, 6) is 0. The van der Waals surface area contributed by atoms with Crippen LogP contribution in [0.4, 0.5) is 26.3 Å². The lowest BCUT2D eigenvalue weighted by molar-refractivity contribution is -0.288. The number of benzene rings is 4. The average Bonchev–Trinajstić information content (AvgIpc) is 3.10. The van der Waals surface area contributed by atoms with Crippen molar-refractivity contribution in [2.75, 3.05) is 0 Å². The van der Waals surface area contributed by atoms with Gasteiger partial charge in [0.05, 0.1) is 33.5 Å². The predicted octanol–water partition coefficient (Wildman–Crippen LogP) is 11.2. The summed E-state index contributed by atoms with van der Waals surface area (Å²) in [6, 6.07) is 28.3. The summed E-state index contributed by atoms with van der Waals surface area (Å²) < 4.78 is 91.4. The van der Waals surface area contributed by atoms with Gasteiger partial charge in [0, 0.05) is 45.1 Å². The lowest BCUT2D eigenvalue weighted by Crippen LogP contribution is -2.54. The van der Waals surface area contributed by atoms with Gasteiger partial charge in [0.15, 0.2) is 0 Å². The van der Waals surface area contributed by atoms with E-state index in [2.05, 4.69) is 9.97 Å². The van der Waals surface area contributed by atoms with E-state index < -0.39 is 28.9 Å². The zero-order valence-electron chi connectivity index (χ0n) is 27.1. The van der Waals surface area contributed by atoms with Gasteiger partial charge in [0.2, 0.25) is 5.41 Å². The molecule has 51 heavy (non-hydrogen) atoms. The number of rotatable bonds is 4. The summed E-state index contributed by atoms with van der Waals surface area (Å²) in [6.45, 7) is 2.98. The first-order valence-electron chi connectivity index (χ1n) is 16.0. The molecule has 0 bridgehead atoms. The number of pyridine rings is 4. The Balaban J connectivity index is 1.26. The van der Waals surface area contributed by atoms with Gasteiger partial charge in [-0.05, 0) is 60.4 Å². The lowest BCUT2D eigenvalue weighted by atomic mass is 9.71. The Labute approximate surface area is 287 Å². The second kappa shape index (κ2) is 11.6. The number of alkyl halides is 6. The van der Waals surface area contributed by atoms with Crippen molar-refractivity contribution in [1.29, 1.82) is 0 Å². The maximum atomic E-state index is 15.2. The van der Waals surface area contributed by atoms with Gasteiger partial charge in [-0.3, -0.25) is 9.97 Å². The Kier molecular flexibility index (Phi) is 7.34. The van der Waals surface area contributed by atoms with E-state index in [0.717, 1.165) is 45.8 Å². The highest BCUT2D eigenvalue weighted by molar-refractivity contribution is 6.04. The SMILES string of the molecule is Cc1cc(C(c2ccc(-c3ccc4ccc5cccnc5c4n3)c(C)c2)(C(F)(F)F)C(F)(F)F)ccc1-c1ccc2ccc3cccnc3c2n1. The second-order valence-electron chi connectivity index (χ2n) is 12.6. The molecule has 252 valence electrons. The molecule has 0 aliphatic heterocycles. The van der Waals surface area contributed by atoms with E-state index in [9.17, 15) is 0 Å². The van der Waals surface area contributed by atoms with Gasteiger partial charge in [-0.2, -0.15) is 26.3 Å². The van der Waals surface area contributed by atoms with Crippen LogP contribution in [-0.4, -0.2) is 32.3 Å². The normalized spacial score (nSPS) is 12.7. The summed E-state index contributed by atoms with van der Waals surface area (Å²) in [5.41, 5.74) is -1.73. The minimum Gasteiger partial charge on any atom is -0.254 e. The molecule has 8 aromatic rings. The summed E-state index contributed by atoms with van der Waals surface area (Å²) in [6.07, 6.45) is -8.22. The average molecular weight is 689 g/mol. The van der Waals surface area contributed by atoms with Gasteiger partial charge >= 0.3 is 12.4 Å². The smallest absolute Gasteiger partial charge is 0.254 e. The van der Waals surface area contributed by atoms with Gasteiger partial charge in [-0.1, -0.05) is 84.9 Å². The van der Waals surface area contributed by atoms with E-state index in [1.54, 1.807) is 36.7 Å². The van der Waals surface area contributed by atoms with E-state index in [4.69, 9.17) is 9.97 Å². The fraction of sp³-hybridized carbons (Fsp3) is 0.122. The Bertz CT molecular complexity index is 2480. The third-order valence-electron chi connectivity index (χ3n) is 9.59. The van der Waals surface area contributed by atoms with Crippen molar-refractivity contribution in [3.63, 3.8) is 0 Å². The fourth-order valence-corrected chi connectivity index (χ4v) is 7.10. The van der Waals surface area contributed by atoms with Crippen molar-refractivity contribution in [2.24, 2.45) is 0 Å². The van der Waals surface area contributed by atoms with Gasteiger partial charge in [0.25, 0.3) is 0 Å². The molecule has 8 rings (SSSR count). The van der Waals surface area contributed by atoms with Gasteiger partial charge < -0.3 is 0 Å². The number of hydrogen-bond acceptors (Lipinski definition) is 4. The van der Waals surface area contributed by atoms with Crippen molar-refractivity contribution in [1.82, 2.24) is 19.9 Å². The highest BCUT2D eigenvalue weighted by atomic mass is 19.4. The third-order valence-corrected chi connectivity index (χ3v) is 9.59. The van der Waals surface area contributed by atoms with Crippen LogP contribution in [0, 0.1) is 13.8 Å². The first-order valence-corrected chi connectivity index (χ1v) is 16.0. The zero-order chi connectivity index (χ0) is 35.7. The molecule has 0 radical (unpaired) electrons. The maximum absolute atomic E-state index is 15.2. The molecule has 4 aromatic carbocycles. The van der Waals surface area contributed by atoms with Crippen molar-refractivity contribution in [2.45, 2.75) is 31.6 Å². The van der Waals surface area contributed by atoms with Crippen LogP contribution in [0.2, 0.25) is 0 Å². The zero-order valence-corrected chi connectivity index (χ0v) is 27.1. The highest BCUT2D eigenvalue weighted by Crippen LogP contribution is 2.57. The number of nitrogens with zero attached hydrogens (tertiary/aromatic N) is 4. The van der Waals surface area contributed by atoms with Crippen LogP contribution in [0.15, 0.2) is 122 Å². The predicted molar refractivity (Wildman–Crippen MR) is 187 cm³/mol. The maximum Gasteiger partial charge on any atom is 0.411 e. The van der Waals surface area contributed by atoms with Crippen molar-refractivity contribution in [3.05, 3.63) is 144 Å². The lowest BCUT2D eigenvalue weighted by Gasteiger charge is -2.39. The molecule has 0 N–H and O–H groups in total. The topological polar surface area (TPSA) is 51.6 Å². The van der Waals surface area contributed by atoms with Crippen LogP contribution in [0.25, 0.3) is 66.1 Å². The Hall–Kier alpha value is -5.90. The van der Waals surface area contributed by atoms with Gasteiger partial charge in [0.1, 0.15) is 0 Å². The number of aryl methyl sites for hydroxylation is 2. The van der Waals surface area contributed by atoms with Crippen LogP contribution in [0.5, 0.6) is 0 Å². The number of fused-ring (bicyclic) bond motifs is 6. The first-order chi connectivity index (χ1) is 24.4. The van der Waals surface area contributed by atoms with Gasteiger partial charge in [-0.15, -0.1) is 0 Å². The first kappa shape index (κ1) is 32.3. The molecule has 4 nitrogen and oxygen atoms in total. The second-order valence-corrected chi connectivity index (χ2v) is 12.6. The third kappa shape index (κ3) is 5.08. The molecule has 0 amide bonds. The van der Waals surface area contributed by atoms with Crippen LogP contribution in [-0.2, 0) is 5.41 Å². The number of hydrogen-bond donors (Lipinski definition) is 0. The summed E-state index contributed by atoms with van der Waals surface area (Å²) in [7, 11) is 0. The fourth-order valence-electron chi connectivity index (χ4n) is 7.10. The Morgan fingerprint density at radius 2 is 0.804 bits per heavy atom. The molecule has 4 aromatic heterocycles. The Morgan fingerprint density at radius 3 is 1.18 bits per heavy atom. The molecule has 4 heterocycles. The highest BCUT2D eigenvalue weighted by Gasteiger charge is 2.72. The molecular formula is C41H26F6N4. The van der Waals surface area contributed by atoms with E-state index in [1.165, 1.54) is 26.0 Å². The Morgan fingerprint density at radius 1 is 0.431 bits per heavy atom. The quantitative estimate of drug-likeness (QED) is 0.136. The molecule has 0 aliphatic rings. The summed E-state index contributed by atoms with van der Waals surface area (Å²) in [4.78, 5) is 18.4. The molecule has 0 unspecified atom stereocenters. The molecule has 10 heteroatoms. The van der Waals surface area contributed by atoms with Crippen molar-refractivity contribution in [3.8, 4) is 22.5 Å². The van der Waals surface area contributed by atoms with E-state index in [1.807, 2.05) is 48.5 Å². The van der Waals surface area contributed by atoms with Crippen LogP contribution >= 0.6 is 0 Å². The molecule has 0 saturated carbocycles. The monoisotopic (exact) mass is 688 g/mol. The molecule has 0 fully saturated rings. The van der Waals surface area contributed by atoms with Crippen LogP contribution < -0.4 is 0 Å². The molecule has 0 spiro atoms. The minimum atomic E-state index is -5.75. The van der Waals surface area contributed by atoms with Crippen molar-refractivity contribution < 1.29 is 26.3 Å². The summed E-state index contributed by atoms with van der Waals surface area (Å²) >= 11 is 0.